The van der Waals surface area contributed by atoms with Crippen LogP contribution in [0.2, 0.25) is 0 Å². The van der Waals surface area contributed by atoms with E-state index in [1.165, 1.54) is 0 Å². The Morgan fingerprint density at radius 1 is 1.19 bits per heavy atom. The van der Waals surface area contributed by atoms with E-state index in [0.717, 1.165) is 39.1 Å². The molecule has 0 heterocycles. The van der Waals surface area contributed by atoms with Crippen LogP contribution in [0, 0.1) is 0 Å². The second kappa shape index (κ2) is 5.90. The lowest BCUT2D eigenvalue weighted by molar-refractivity contribution is 0.0994. The molecule has 1 aliphatic rings. The van der Waals surface area contributed by atoms with Gasteiger partial charge in [-0.25, -0.2) is 0 Å². The van der Waals surface area contributed by atoms with Gasteiger partial charge in [0.05, 0.1) is 7.11 Å². The zero-order chi connectivity index (χ0) is 14.8. The number of ether oxygens (including phenoxy) is 2. The molecule has 0 unspecified atom stereocenters. The second-order valence-electron chi connectivity index (χ2n) is 4.95. The van der Waals surface area contributed by atoms with Crippen molar-refractivity contribution in [3.63, 3.8) is 0 Å². The molecule has 108 valence electrons. The highest BCUT2D eigenvalue weighted by Crippen LogP contribution is 2.32. The monoisotopic (exact) mass is 346 g/mol. The summed E-state index contributed by atoms with van der Waals surface area (Å²) in [6.07, 6.45) is 1.35. The second-order valence-corrected chi connectivity index (χ2v) is 5.81. The van der Waals surface area contributed by atoms with E-state index in [9.17, 15) is 4.79 Å². The summed E-state index contributed by atoms with van der Waals surface area (Å²) in [5.41, 5.74) is 2.84. The van der Waals surface area contributed by atoms with Crippen molar-refractivity contribution in [2.75, 3.05) is 7.11 Å². The Hall–Kier alpha value is -1.81. The van der Waals surface area contributed by atoms with Gasteiger partial charge in [-0.2, -0.15) is 0 Å². The van der Waals surface area contributed by atoms with E-state index in [4.69, 9.17) is 9.47 Å². The van der Waals surface area contributed by atoms with E-state index in [2.05, 4.69) is 15.9 Å². The van der Waals surface area contributed by atoms with E-state index in [0.29, 0.717) is 13.0 Å². The lowest BCUT2D eigenvalue weighted by Gasteiger charge is -2.12. The molecule has 1 aliphatic carbocycles. The summed E-state index contributed by atoms with van der Waals surface area (Å²) in [6, 6.07) is 11.4. The Labute approximate surface area is 132 Å². The van der Waals surface area contributed by atoms with Crippen LogP contribution in [0.15, 0.2) is 40.9 Å². The Balaban J connectivity index is 1.82. The molecular formula is C17H15BrO3. The summed E-state index contributed by atoms with van der Waals surface area (Å²) in [5.74, 6) is 1.80. The molecule has 0 N–H and O–H groups in total. The van der Waals surface area contributed by atoms with E-state index < -0.39 is 0 Å². The Bertz CT molecular complexity index is 694. The molecule has 0 atom stereocenters. The van der Waals surface area contributed by atoms with Crippen LogP contribution in [0.3, 0.4) is 0 Å². The van der Waals surface area contributed by atoms with Crippen molar-refractivity contribution in [1.82, 2.24) is 0 Å². The van der Waals surface area contributed by atoms with E-state index >= 15 is 0 Å². The highest BCUT2D eigenvalue weighted by atomic mass is 79.9. The van der Waals surface area contributed by atoms with Crippen LogP contribution in [0.1, 0.15) is 27.9 Å². The molecule has 0 aliphatic heterocycles. The number of hydrogen-bond donors (Lipinski definition) is 0. The number of benzene rings is 2. The Kier molecular flexibility index (Phi) is 3.97. The third kappa shape index (κ3) is 2.81. The van der Waals surface area contributed by atoms with Gasteiger partial charge in [0, 0.05) is 27.6 Å². The number of carbonyl (C=O) groups excluding carboxylic acids is 1. The smallest absolute Gasteiger partial charge is 0.163 e. The van der Waals surface area contributed by atoms with Crippen LogP contribution in [-0.4, -0.2) is 12.9 Å². The summed E-state index contributed by atoms with van der Waals surface area (Å²) >= 11 is 3.52. The van der Waals surface area contributed by atoms with Crippen molar-refractivity contribution in [1.29, 1.82) is 0 Å². The Morgan fingerprint density at radius 3 is 2.86 bits per heavy atom. The van der Waals surface area contributed by atoms with Crippen LogP contribution in [0.5, 0.6) is 11.5 Å². The van der Waals surface area contributed by atoms with Crippen molar-refractivity contribution in [3.8, 4) is 11.5 Å². The van der Waals surface area contributed by atoms with E-state index in [-0.39, 0.29) is 5.78 Å². The molecule has 0 spiro atoms. The van der Waals surface area contributed by atoms with Gasteiger partial charge >= 0.3 is 0 Å². The fraction of sp³-hybridized carbons (Fsp3) is 0.235. The molecule has 3 rings (SSSR count). The summed E-state index contributed by atoms with van der Waals surface area (Å²) in [5, 5.41) is 0. The summed E-state index contributed by atoms with van der Waals surface area (Å²) < 4.78 is 12.1. The average molecular weight is 347 g/mol. The molecule has 0 saturated heterocycles. The lowest BCUT2D eigenvalue weighted by atomic mass is 10.1. The average Bonchev–Trinajstić information content (AvgIpc) is 2.89. The van der Waals surface area contributed by atoms with Gasteiger partial charge < -0.3 is 9.47 Å². The molecular weight excluding hydrogens is 332 g/mol. The molecule has 0 amide bonds. The van der Waals surface area contributed by atoms with Crippen molar-refractivity contribution in [3.05, 3.63) is 57.6 Å². The largest absolute Gasteiger partial charge is 0.497 e. The normalized spacial score (nSPS) is 13.1. The van der Waals surface area contributed by atoms with Gasteiger partial charge in [-0.05, 0) is 30.7 Å². The van der Waals surface area contributed by atoms with Gasteiger partial charge in [0.25, 0.3) is 0 Å². The first-order valence-electron chi connectivity index (χ1n) is 6.79. The quantitative estimate of drug-likeness (QED) is 0.833. The van der Waals surface area contributed by atoms with Gasteiger partial charge in [0.1, 0.15) is 18.1 Å². The molecule has 0 aromatic heterocycles. The van der Waals surface area contributed by atoms with Crippen molar-refractivity contribution in [2.45, 2.75) is 19.4 Å². The zero-order valence-electron chi connectivity index (χ0n) is 11.7. The maximum Gasteiger partial charge on any atom is 0.163 e. The fourth-order valence-corrected chi connectivity index (χ4v) is 2.90. The van der Waals surface area contributed by atoms with E-state index in [1.54, 1.807) is 7.11 Å². The molecule has 4 heteroatoms. The minimum absolute atomic E-state index is 0.206. The van der Waals surface area contributed by atoms with Crippen LogP contribution >= 0.6 is 15.9 Å². The molecule has 2 aromatic rings. The minimum Gasteiger partial charge on any atom is -0.497 e. The number of methoxy groups -OCH3 is 1. The number of ketones is 1. The molecule has 0 saturated carbocycles. The number of halogens is 1. The molecule has 0 fully saturated rings. The number of fused-ring (bicyclic) bond motifs is 1. The third-order valence-corrected chi connectivity index (χ3v) is 4.45. The molecule has 0 bridgehead atoms. The third-order valence-electron chi connectivity index (χ3n) is 3.67. The van der Waals surface area contributed by atoms with Crippen LogP contribution in [0.4, 0.5) is 0 Å². The van der Waals surface area contributed by atoms with Gasteiger partial charge in [0.2, 0.25) is 0 Å². The fourth-order valence-electron chi connectivity index (χ4n) is 2.54. The standard InChI is InChI=1S/C17H15BrO3/c1-20-12-5-7-15(18)11(9-12)10-21-17-4-2-3-13-14(17)6-8-16(13)19/h2-5,7,9H,6,8,10H2,1H3. The van der Waals surface area contributed by atoms with E-state index in [1.807, 2.05) is 36.4 Å². The number of carbonyl (C=O) groups is 1. The first-order valence-corrected chi connectivity index (χ1v) is 7.58. The lowest BCUT2D eigenvalue weighted by Crippen LogP contribution is -2.00. The van der Waals surface area contributed by atoms with Crippen molar-refractivity contribution in [2.24, 2.45) is 0 Å². The SMILES string of the molecule is COc1ccc(Br)c(COc2cccc3c2CCC3=O)c1. The summed E-state index contributed by atoms with van der Waals surface area (Å²) in [4.78, 5) is 11.8. The predicted octanol–water partition coefficient (Wildman–Crippen LogP) is 4.17. The molecule has 21 heavy (non-hydrogen) atoms. The van der Waals surface area contributed by atoms with Crippen LogP contribution in [-0.2, 0) is 13.0 Å². The van der Waals surface area contributed by atoms with Crippen LogP contribution in [0.25, 0.3) is 0 Å². The molecule has 3 nitrogen and oxygen atoms in total. The first kappa shape index (κ1) is 14.1. The van der Waals surface area contributed by atoms with Crippen molar-refractivity contribution < 1.29 is 14.3 Å². The summed E-state index contributed by atoms with van der Waals surface area (Å²) in [6.45, 7) is 0.433. The molecule has 0 radical (unpaired) electrons. The maximum atomic E-state index is 11.8. The summed E-state index contributed by atoms with van der Waals surface area (Å²) in [7, 11) is 1.64. The number of Topliss-reactive ketones (excluding diaryl/α,β-unsaturated/α-hetero) is 1. The highest BCUT2D eigenvalue weighted by Gasteiger charge is 2.22. The van der Waals surface area contributed by atoms with Gasteiger partial charge in [0.15, 0.2) is 5.78 Å². The Morgan fingerprint density at radius 2 is 2.05 bits per heavy atom. The van der Waals surface area contributed by atoms with Crippen LogP contribution < -0.4 is 9.47 Å². The predicted molar refractivity (Wildman–Crippen MR) is 84.1 cm³/mol. The maximum absolute atomic E-state index is 11.8. The number of hydrogen-bond acceptors (Lipinski definition) is 3. The highest BCUT2D eigenvalue weighted by molar-refractivity contribution is 9.10. The first-order chi connectivity index (χ1) is 10.2. The minimum atomic E-state index is 0.206. The van der Waals surface area contributed by atoms with Gasteiger partial charge in [-0.15, -0.1) is 0 Å². The topological polar surface area (TPSA) is 35.5 Å². The van der Waals surface area contributed by atoms with Crippen molar-refractivity contribution >= 4 is 21.7 Å². The number of rotatable bonds is 4. The zero-order valence-corrected chi connectivity index (χ0v) is 13.3. The molecule has 2 aromatic carbocycles. The van der Waals surface area contributed by atoms with Gasteiger partial charge in [-0.1, -0.05) is 28.1 Å². The van der Waals surface area contributed by atoms with Gasteiger partial charge in [-0.3, -0.25) is 4.79 Å².